The zero-order valence-corrected chi connectivity index (χ0v) is 10.3. The number of rotatable bonds is 3. The van der Waals surface area contributed by atoms with Crippen LogP contribution in [-0.2, 0) is 20.3 Å². The Labute approximate surface area is 98.8 Å². The van der Waals surface area contributed by atoms with Crippen molar-refractivity contribution in [3.8, 4) is 0 Å². The molecular weight excluding hydrogens is 226 g/mol. The average Bonchev–Trinajstić information content (AvgIpc) is 2.33. The molecule has 0 radical (unpaired) electrons. The number of ether oxygens (including phenoxy) is 1. The molecule has 0 spiro atoms. The van der Waals surface area contributed by atoms with Crippen molar-refractivity contribution in [1.29, 1.82) is 0 Å². The van der Waals surface area contributed by atoms with Gasteiger partial charge in [-0.25, -0.2) is 0 Å². The lowest BCUT2D eigenvalue weighted by Crippen LogP contribution is -2.47. The van der Waals surface area contributed by atoms with Crippen LogP contribution < -0.4 is 0 Å². The monoisotopic (exact) mass is 245 g/mol. The molecule has 92 valence electrons. The number of nitrogens with zero attached hydrogens (tertiary/aromatic N) is 1. The van der Waals surface area contributed by atoms with Gasteiger partial charge in [0.05, 0.1) is 0 Å². The largest absolute Gasteiger partial charge is 0.381 e. The Morgan fingerprint density at radius 1 is 1.25 bits per heavy atom. The molecule has 2 saturated heterocycles. The van der Waals surface area contributed by atoms with Crippen molar-refractivity contribution in [2.75, 3.05) is 44.4 Å². The molecule has 0 saturated carbocycles. The standard InChI is InChI=1S/C11H19NO3S/c13-10-11(1-5-15-6-2-11)9-12-3-7-16(14)8-4-12/h10H,1-9H2. The number of carbonyl (C=O) groups excluding carboxylic acids is 1. The van der Waals surface area contributed by atoms with Gasteiger partial charge in [0, 0.05) is 60.6 Å². The Balaban J connectivity index is 1.90. The van der Waals surface area contributed by atoms with Crippen LogP contribution in [0, 0.1) is 5.41 Å². The summed E-state index contributed by atoms with van der Waals surface area (Å²) in [5.41, 5.74) is -0.211. The molecule has 0 atom stereocenters. The maximum Gasteiger partial charge on any atom is 0.127 e. The smallest absolute Gasteiger partial charge is 0.127 e. The van der Waals surface area contributed by atoms with E-state index in [1.54, 1.807) is 0 Å². The summed E-state index contributed by atoms with van der Waals surface area (Å²) in [7, 11) is -0.638. The van der Waals surface area contributed by atoms with E-state index < -0.39 is 10.8 Å². The first-order valence-electron chi connectivity index (χ1n) is 5.86. The van der Waals surface area contributed by atoms with Crippen LogP contribution >= 0.6 is 0 Å². The molecule has 2 aliphatic heterocycles. The lowest BCUT2D eigenvalue weighted by molar-refractivity contribution is -0.123. The quantitative estimate of drug-likeness (QED) is 0.659. The minimum atomic E-state index is -0.638. The van der Waals surface area contributed by atoms with Crippen molar-refractivity contribution in [3.63, 3.8) is 0 Å². The molecule has 16 heavy (non-hydrogen) atoms. The molecule has 2 rings (SSSR count). The summed E-state index contributed by atoms with van der Waals surface area (Å²) in [5.74, 6) is 1.51. The fourth-order valence-corrected chi connectivity index (χ4v) is 3.50. The predicted molar refractivity (Wildman–Crippen MR) is 62.9 cm³/mol. The maximum absolute atomic E-state index is 11.3. The molecule has 0 amide bonds. The molecule has 0 aromatic heterocycles. The van der Waals surface area contributed by atoms with Gasteiger partial charge in [-0.3, -0.25) is 4.21 Å². The summed E-state index contributed by atoms with van der Waals surface area (Å²) >= 11 is 0. The lowest BCUT2D eigenvalue weighted by atomic mass is 9.81. The molecule has 4 nitrogen and oxygen atoms in total. The minimum absolute atomic E-state index is 0.211. The van der Waals surface area contributed by atoms with Gasteiger partial charge in [-0.05, 0) is 12.8 Å². The van der Waals surface area contributed by atoms with Crippen molar-refractivity contribution in [2.24, 2.45) is 5.41 Å². The van der Waals surface area contributed by atoms with Gasteiger partial charge < -0.3 is 14.4 Å². The Kier molecular flexibility index (Phi) is 4.10. The minimum Gasteiger partial charge on any atom is -0.381 e. The first kappa shape index (κ1) is 12.2. The Bertz CT molecular complexity index is 266. The van der Waals surface area contributed by atoms with Crippen LogP contribution in [0.3, 0.4) is 0 Å². The van der Waals surface area contributed by atoms with Gasteiger partial charge >= 0.3 is 0 Å². The maximum atomic E-state index is 11.3. The second-order valence-corrected chi connectivity index (χ2v) is 6.41. The van der Waals surface area contributed by atoms with Crippen molar-refractivity contribution in [2.45, 2.75) is 12.8 Å². The molecule has 0 aliphatic carbocycles. The highest BCUT2D eigenvalue weighted by atomic mass is 32.2. The first-order valence-corrected chi connectivity index (χ1v) is 7.34. The van der Waals surface area contributed by atoms with E-state index in [0.29, 0.717) is 13.2 Å². The number of aldehydes is 1. The Morgan fingerprint density at radius 2 is 1.88 bits per heavy atom. The highest BCUT2D eigenvalue weighted by molar-refractivity contribution is 7.85. The van der Waals surface area contributed by atoms with E-state index >= 15 is 0 Å². The fraction of sp³-hybridized carbons (Fsp3) is 0.909. The van der Waals surface area contributed by atoms with E-state index in [2.05, 4.69) is 4.90 Å². The van der Waals surface area contributed by atoms with Crippen molar-refractivity contribution in [1.82, 2.24) is 4.90 Å². The molecule has 2 heterocycles. The van der Waals surface area contributed by atoms with Gasteiger partial charge in [-0.2, -0.15) is 0 Å². The Morgan fingerprint density at radius 3 is 2.44 bits per heavy atom. The number of hydrogen-bond acceptors (Lipinski definition) is 4. The van der Waals surface area contributed by atoms with Crippen LogP contribution in [0.4, 0.5) is 0 Å². The van der Waals surface area contributed by atoms with Gasteiger partial charge in [-0.1, -0.05) is 0 Å². The predicted octanol–water partition coefficient (Wildman–Crippen LogP) is 0.0464. The Hall–Kier alpha value is -0.260. The third kappa shape index (κ3) is 2.90. The lowest BCUT2D eigenvalue weighted by Gasteiger charge is -2.38. The molecule has 0 aromatic rings. The summed E-state index contributed by atoms with van der Waals surface area (Å²) < 4.78 is 16.6. The van der Waals surface area contributed by atoms with E-state index in [4.69, 9.17) is 4.74 Å². The third-order valence-electron chi connectivity index (χ3n) is 3.55. The van der Waals surface area contributed by atoms with Crippen molar-refractivity contribution >= 4 is 17.1 Å². The molecule has 2 fully saturated rings. The van der Waals surface area contributed by atoms with Gasteiger partial charge in [0.25, 0.3) is 0 Å². The SMILES string of the molecule is O=CC1(CN2CCS(=O)CC2)CCOCC1. The van der Waals surface area contributed by atoms with E-state index in [1.165, 1.54) is 0 Å². The first-order chi connectivity index (χ1) is 7.74. The van der Waals surface area contributed by atoms with Gasteiger partial charge in [-0.15, -0.1) is 0 Å². The molecule has 5 heteroatoms. The number of hydrogen-bond donors (Lipinski definition) is 0. The van der Waals surface area contributed by atoms with E-state index in [1.807, 2.05) is 0 Å². The van der Waals surface area contributed by atoms with Crippen LogP contribution in [0.25, 0.3) is 0 Å². The van der Waals surface area contributed by atoms with E-state index in [-0.39, 0.29) is 5.41 Å². The second-order valence-electron chi connectivity index (χ2n) is 4.72. The number of carbonyl (C=O) groups is 1. The molecule has 0 unspecified atom stereocenters. The van der Waals surface area contributed by atoms with E-state index in [9.17, 15) is 9.00 Å². The second kappa shape index (κ2) is 5.38. The summed E-state index contributed by atoms with van der Waals surface area (Å²) in [6.07, 6.45) is 2.77. The summed E-state index contributed by atoms with van der Waals surface area (Å²) in [6, 6.07) is 0. The van der Waals surface area contributed by atoms with Crippen LogP contribution in [0.1, 0.15) is 12.8 Å². The van der Waals surface area contributed by atoms with Crippen LogP contribution in [0.15, 0.2) is 0 Å². The average molecular weight is 245 g/mol. The zero-order valence-electron chi connectivity index (χ0n) is 9.52. The summed E-state index contributed by atoms with van der Waals surface area (Å²) in [4.78, 5) is 13.6. The van der Waals surface area contributed by atoms with Gasteiger partial charge in [0.15, 0.2) is 0 Å². The molecule has 0 bridgehead atoms. The summed E-state index contributed by atoms with van der Waals surface area (Å²) in [6.45, 7) is 3.93. The third-order valence-corrected chi connectivity index (χ3v) is 4.82. The molecule has 0 aromatic carbocycles. The molecule has 0 N–H and O–H groups in total. The normalized spacial score (nSPS) is 27.8. The van der Waals surface area contributed by atoms with Gasteiger partial charge in [0.2, 0.25) is 0 Å². The highest BCUT2D eigenvalue weighted by Crippen LogP contribution is 2.29. The van der Waals surface area contributed by atoms with Crippen LogP contribution in [-0.4, -0.2) is 59.7 Å². The van der Waals surface area contributed by atoms with Gasteiger partial charge in [0.1, 0.15) is 6.29 Å². The zero-order chi connectivity index (χ0) is 11.4. The fourth-order valence-electron chi connectivity index (χ4n) is 2.37. The van der Waals surface area contributed by atoms with Crippen LogP contribution in [0.2, 0.25) is 0 Å². The molecule has 2 aliphatic rings. The van der Waals surface area contributed by atoms with E-state index in [0.717, 1.165) is 50.3 Å². The highest BCUT2D eigenvalue weighted by Gasteiger charge is 2.34. The topological polar surface area (TPSA) is 46.6 Å². The molecular formula is C11H19NO3S. The van der Waals surface area contributed by atoms with Crippen LogP contribution in [0.5, 0.6) is 0 Å². The van der Waals surface area contributed by atoms with Crippen molar-refractivity contribution < 1.29 is 13.7 Å². The van der Waals surface area contributed by atoms with Crippen molar-refractivity contribution in [3.05, 3.63) is 0 Å². The summed E-state index contributed by atoms with van der Waals surface area (Å²) in [5, 5.41) is 0.